The highest BCUT2D eigenvalue weighted by atomic mass is 35.5. The van der Waals surface area contributed by atoms with E-state index in [2.05, 4.69) is 10.6 Å². The van der Waals surface area contributed by atoms with E-state index < -0.39 is 22.5 Å². The maximum atomic E-state index is 13.6. The minimum Gasteiger partial charge on any atom is -0.352 e. The molecular weight excluding hydrogens is 534 g/mol. The Kier molecular flexibility index (Phi) is 9.01. The molecule has 0 heterocycles. The smallest absolute Gasteiger partial charge is 0.264 e. The molecule has 200 valence electrons. The molecule has 0 atom stereocenters. The zero-order valence-corrected chi connectivity index (χ0v) is 22.9. The number of carbonyl (C=O) groups excluding carboxylic acids is 2. The van der Waals surface area contributed by atoms with Crippen molar-refractivity contribution in [1.29, 1.82) is 0 Å². The Morgan fingerprint density at radius 2 is 1.46 bits per heavy atom. The van der Waals surface area contributed by atoms with Crippen molar-refractivity contribution in [2.24, 2.45) is 0 Å². The Labute approximate surface area is 233 Å². The molecule has 0 bridgehead atoms. The van der Waals surface area contributed by atoms with Gasteiger partial charge in [-0.05, 0) is 67.4 Å². The summed E-state index contributed by atoms with van der Waals surface area (Å²) < 4.78 is 28.2. The van der Waals surface area contributed by atoms with Crippen LogP contribution in [0.3, 0.4) is 0 Å². The van der Waals surface area contributed by atoms with Gasteiger partial charge in [-0.25, -0.2) is 8.42 Å². The van der Waals surface area contributed by atoms with E-state index in [0.717, 1.165) is 15.4 Å². The van der Waals surface area contributed by atoms with Crippen molar-refractivity contribution in [2.45, 2.75) is 18.2 Å². The molecule has 0 aromatic heterocycles. The highest BCUT2D eigenvalue weighted by molar-refractivity contribution is 7.92. The van der Waals surface area contributed by atoms with Gasteiger partial charge in [0.1, 0.15) is 6.54 Å². The van der Waals surface area contributed by atoms with Gasteiger partial charge in [0.2, 0.25) is 5.91 Å². The summed E-state index contributed by atoms with van der Waals surface area (Å²) in [7, 11) is -4.10. The SMILES string of the molecule is Cc1ccc(N(CC(=O)Nc2ccccc2C(=O)NCCc2ccccc2)S(=O)(=O)c2ccc(Cl)cc2)cc1. The monoisotopic (exact) mass is 561 g/mol. The predicted molar refractivity (Wildman–Crippen MR) is 155 cm³/mol. The molecule has 4 aromatic rings. The summed E-state index contributed by atoms with van der Waals surface area (Å²) in [5, 5.41) is 5.99. The maximum Gasteiger partial charge on any atom is 0.264 e. The van der Waals surface area contributed by atoms with E-state index in [0.29, 0.717) is 23.7 Å². The van der Waals surface area contributed by atoms with Gasteiger partial charge in [-0.3, -0.25) is 13.9 Å². The van der Waals surface area contributed by atoms with Crippen LogP contribution in [0.1, 0.15) is 21.5 Å². The zero-order chi connectivity index (χ0) is 27.8. The molecule has 0 unspecified atom stereocenters. The van der Waals surface area contributed by atoms with Gasteiger partial charge in [0.15, 0.2) is 0 Å². The van der Waals surface area contributed by atoms with Crippen molar-refractivity contribution < 1.29 is 18.0 Å². The van der Waals surface area contributed by atoms with E-state index >= 15 is 0 Å². The van der Waals surface area contributed by atoms with E-state index in [-0.39, 0.29) is 22.1 Å². The second kappa shape index (κ2) is 12.6. The highest BCUT2D eigenvalue weighted by Crippen LogP contribution is 2.25. The van der Waals surface area contributed by atoms with Crippen LogP contribution in [0.25, 0.3) is 0 Å². The number of nitrogens with zero attached hydrogens (tertiary/aromatic N) is 1. The van der Waals surface area contributed by atoms with Crippen LogP contribution in [0.5, 0.6) is 0 Å². The molecule has 0 spiro atoms. The van der Waals surface area contributed by atoms with Crippen LogP contribution in [0, 0.1) is 6.92 Å². The van der Waals surface area contributed by atoms with Gasteiger partial charge >= 0.3 is 0 Å². The fourth-order valence-corrected chi connectivity index (χ4v) is 5.48. The third-order valence-electron chi connectivity index (χ3n) is 6.00. The average molecular weight is 562 g/mol. The van der Waals surface area contributed by atoms with Crippen LogP contribution in [0.2, 0.25) is 5.02 Å². The summed E-state index contributed by atoms with van der Waals surface area (Å²) in [5.74, 6) is -0.941. The van der Waals surface area contributed by atoms with Crippen molar-refractivity contribution in [3.05, 3.63) is 125 Å². The number of halogens is 1. The number of amides is 2. The van der Waals surface area contributed by atoms with Crippen molar-refractivity contribution in [2.75, 3.05) is 22.7 Å². The fourth-order valence-electron chi connectivity index (χ4n) is 3.93. The lowest BCUT2D eigenvalue weighted by atomic mass is 10.1. The van der Waals surface area contributed by atoms with Crippen LogP contribution in [-0.2, 0) is 21.2 Å². The summed E-state index contributed by atoms with van der Waals surface area (Å²) in [5.41, 5.74) is 2.93. The van der Waals surface area contributed by atoms with E-state index in [1.54, 1.807) is 48.5 Å². The Balaban J connectivity index is 1.52. The first kappa shape index (κ1) is 27.9. The maximum absolute atomic E-state index is 13.6. The van der Waals surface area contributed by atoms with E-state index in [1.807, 2.05) is 37.3 Å². The predicted octanol–water partition coefficient (Wildman–Crippen LogP) is 5.45. The molecule has 0 aliphatic carbocycles. The van der Waals surface area contributed by atoms with Crippen LogP contribution in [-0.4, -0.2) is 33.3 Å². The first-order valence-electron chi connectivity index (χ1n) is 12.3. The van der Waals surface area contributed by atoms with Crippen molar-refractivity contribution in [1.82, 2.24) is 5.32 Å². The minimum atomic E-state index is -4.10. The van der Waals surface area contributed by atoms with Gasteiger partial charge in [-0.2, -0.15) is 0 Å². The number of rotatable bonds is 10. The molecule has 0 saturated heterocycles. The van der Waals surface area contributed by atoms with Crippen LogP contribution in [0.4, 0.5) is 11.4 Å². The summed E-state index contributed by atoms with van der Waals surface area (Å²) in [6.07, 6.45) is 0.662. The largest absolute Gasteiger partial charge is 0.352 e. The number of sulfonamides is 1. The summed E-state index contributed by atoms with van der Waals surface area (Å²) in [6.45, 7) is 1.81. The summed E-state index contributed by atoms with van der Waals surface area (Å²) in [6, 6.07) is 29.0. The number of anilines is 2. The van der Waals surface area contributed by atoms with Crippen molar-refractivity contribution in [3.8, 4) is 0 Å². The van der Waals surface area contributed by atoms with Gasteiger partial charge in [-0.1, -0.05) is 71.8 Å². The van der Waals surface area contributed by atoms with Gasteiger partial charge in [0, 0.05) is 11.6 Å². The molecule has 0 saturated carbocycles. The molecule has 0 aliphatic heterocycles. The lowest BCUT2D eigenvalue weighted by Crippen LogP contribution is -2.38. The molecule has 0 fully saturated rings. The van der Waals surface area contributed by atoms with E-state index in [9.17, 15) is 18.0 Å². The van der Waals surface area contributed by atoms with Gasteiger partial charge in [0.25, 0.3) is 15.9 Å². The number of carbonyl (C=O) groups is 2. The third-order valence-corrected chi connectivity index (χ3v) is 8.04. The number of hydrogen-bond acceptors (Lipinski definition) is 4. The lowest BCUT2D eigenvalue weighted by molar-refractivity contribution is -0.114. The number of hydrogen-bond donors (Lipinski definition) is 2. The molecule has 7 nitrogen and oxygen atoms in total. The Morgan fingerprint density at radius 3 is 2.15 bits per heavy atom. The minimum absolute atomic E-state index is 0.00142. The summed E-state index contributed by atoms with van der Waals surface area (Å²) in [4.78, 5) is 26.1. The molecule has 0 radical (unpaired) electrons. The number of nitrogens with one attached hydrogen (secondary N) is 2. The first-order chi connectivity index (χ1) is 18.7. The molecule has 2 N–H and O–H groups in total. The molecule has 9 heteroatoms. The van der Waals surface area contributed by atoms with Gasteiger partial charge < -0.3 is 10.6 Å². The first-order valence-corrected chi connectivity index (χ1v) is 14.1. The zero-order valence-electron chi connectivity index (χ0n) is 21.3. The summed E-state index contributed by atoms with van der Waals surface area (Å²) >= 11 is 5.95. The molecule has 4 aromatic carbocycles. The molecular formula is C30H28ClN3O4S. The van der Waals surface area contributed by atoms with Gasteiger partial charge in [-0.15, -0.1) is 0 Å². The van der Waals surface area contributed by atoms with Crippen molar-refractivity contribution in [3.63, 3.8) is 0 Å². The number of para-hydroxylation sites is 1. The van der Waals surface area contributed by atoms with Crippen LogP contribution < -0.4 is 14.9 Å². The number of benzene rings is 4. The van der Waals surface area contributed by atoms with Gasteiger partial charge in [0.05, 0.1) is 21.8 Å². The second-order valence-corrected chi connectivity index (χ2v) is 11.2. The third kappa shape index (κ3) is 7.25. The van der Waals surface area contributed by atoms with E-state index in [1.165, 1.54) is 24.3 Å². The standard InChI is InChI=1S/C30H28ClN3O4S/c1-22-11-15-25(16-12-22)34(39(37,38)26-17-13-24(31)14-18-26)21-29(35)33-28-10-6-5-9-27(28)30(36)32-20-19-23-7-3-2-4-8-23/h2-18H,19-21H2,1H3,(H,32,36)(H,33,35). The van der Waals surface area contributed by atoms with Crippen LogP contribution in [0.15, 0.2) is 108 Å². The molecule has 4 rings (SSSR count). The van der Waals surface area contributed by atoms with Crippen LogP contribution >= 0.6 is 11.6 Å². The Morgan fingerprint density at radius 1 is 0.821 bits per heavy atom. The fraction of sp³-hybridized carbons (Fsp3) is 0.133. The normalized spacial score (nSPS) is 11.0. The molecule has 2 amide bonds. The lowest BCUT2D eigenvalue weighted by Gasteiger charge is -2.24. The Bertz CT molecular complexity index is 1540. The second-order valence-electron chi connectivity index (χ2n) is 8.89. The average Bonchev–Trinajstić information content (AvgIpc) is 2.93. The molecule has 39 heavy (non-hydrogen) atoms. The molecule has 0 aliphatic rings. The van der Waals surface area contributed by atoms with E-state index in [4.69, 9.17) is 11.6 Å². The quantitative estimate of drug-likeness (QED) is 0.269. The highest BCUT2D eigenvalue weighted by Gasteiger charge is 2.27. The number of aryl methyl sites for hydroxylation is 1. The Hall–Kier alpha value is -4.14. The topological polar surface area (TPSA) is 95.6 Å². The van der Waals surface area contributed by atoms with Crippen molar-refractivity contribution >= 4 is 44.8 Å².